The maximum absolute atomic E-state index is 6.09. The summed E-state index contributed by atoms with van der Waals surface area (Å²) in [4.78, 5) is 0. The second kappa shape index (κ2) is 6.51. The molecule has 1 aromatic rings. The van der Waals surface area contributed by atoms with Crippen molar-refractivity contribution < 1.29 is 0 Å². The summed E-state index contributed by atoms with van der Waals surface area (Å²) >= 11 is 8.33. The Balaban J connectivity index is 2.82. The predicted octanol–water partition coefficient (Wildman–Crippen LogP) is 4.17. The normalized spacial score (nSPS) is 12.5. The van der Waals surface area contributed by atoms with Crippen molar-refractivity contribution in [3.05, 3.63) is 45.0 Å². The Hall–Kier alpha value is -0.0600. The minimum atomic E-state index is 0.359. The van der Waals surface area contributed by atoms with Gasteiger partial charge in [-0.25, -0.2) is 0 Å². The molecule has 1 aromatic carbocycles. The van der Waals surface area contributed by atoms with Crippen LogP contribution in [0.4, 0.5) is 0 Å². The lowest BCUT2D eigenvalue weighted by Crippen LogP contribution is -2.16. The first-order valence-electron chi connectivity index (χ1n) is 4.92. The summed E-state index contributed by atoms with van der Waals surface area (Å²) in [5, 5.41) is 4.12. The van der Waals surface area contributed by atoms with Crippen molar-refractivity contribution in [3.63, 3.8) is 0 Å². The van der Waals surface area contributed by atoms with Gasteiger partial charge in [0.05, 0.1) is 5.02 Å². The average molecular weight is 336 g/mol. The molecule has 0 bridgehead atoms. The maximum Gasteiger partial charge on any atom is 0.0542 e. The zero-order valence-corrected chi connectivity index (χ0v) is 11.7. The summed E-state index contributed by atoms with van der Waals surface area (Å²) in [5.74, 6) is 0. The van der Waals surface area contributed by atoms with E-state index in [0.29, 0.717) is 6.04 Å². The zero-order chi connectivity index (χ0) is 11.3. The molecule has 1 rings (SSSR count). The number of hydrogen-bond acceptors (Lipinski definition) is 1. The third-order valence-electron chi connectivity index (χ3n) is 2.35. The Labute approximate surface area is 110 Å². The quantitative estimate of drug-likeness (QED) is 0.629. The lowest BCUT2D eigenvalue weighted by Gasteiger charge is -2.16. The number of allylic oxidation sites excluding steroid dienone is 1. The van der Waals surface area contributed by atoms with E-state index in [1.54, 1.807) is 0 Å². The molecule has 1 unspecified atom stereocenters. The summed E-state index contributed by atoms with van der Waals surface area (Å²) in [6.45, 7) is 3.74. The van der Waals surface area contributed by atoms with Crippen LogP contribution in [0.5, 0.6) is 0 Å². The third-order valence-corrected chi connectivity index (χ3v) is 3.93. The Bertz CT molecular complexity index is 338. The van der Waals surface area contributed by atoms with Gasteiger partial charge in [-0.1, -0.05) is 23.7 Å². The highest BCUT2D eigenvalue weighted by Crippen LogP contribution is 2.25. The van der Waals surface area contributed by atoms with Gasteiger partial charge in [-0.05, 0) is 60.2 Å². The van der Waals surface area contributed by atoms with Gasteiger partial charge in [-0.2, -0.15) is 0 Å². The minimum Gasteiger partial charge on any atom is -0.313 e. The van der Waals surface area contributed by atoms with Gasteiger partial charge in [0.1, 0.15) is 0 Å². The molecule has 15 heavy (non-hydrogen) atoms. The van der Waals surface area contributed by atoms with Gasteiger partial charge in [0, 0.05) is 9.61 Å². The van der Waals surface area contributed by atoms with Crippen molar-refractivity contribution in [1.29, 1.82) is 0 Å². The number of rotatable bonds is 5. The molecule has 0 saturated heterocycles. The molecule has 0 radical (unpaired) electrons. The zero-order valence-electron chi connectivity index (χ0n) is 8.76. The van der Waals surface area contributed by atoms with Crippen molar-refractivity contribution in [2.75, 3.05) is 7.05 Å². The highest BCUT2D eigenvalue weighted by Gasteiger charge is 2.09. The molecule has 0 amide bonds. The van der Waals surface area contributed by atoms with Gasteiger partial charge >= 0.3 is 0 Å². The lowest BCUT2D eigenvalue weighted by atomic mass is 10.0. The van der Waals surface area contributed by atoms with Gasteiger partial charge in [-0.15, -0.1) is 6.58 Å². The Morgan fingerprint density at radius 3 is 2.87 bits per heavy atom. The van der Waals surface area contributed by atoms with Crippen molar-refractivity contribution >= 4 is 34.2 Å². The van der Waals surface area contributed by atoms with E-state index in [1.807, 2.05) is 19.2 Å². The average Bonchev–Trinajstić information content (AvgIpc) is 2.24. The fourth-order valence-electron chi connectivity index (χ4n) is 1.49. The minimum absolute atomic E-state index is 0.359. The molecule has 0 aliphatic carbocycles. The molecule has 0 aliphatic rings. The summed E-state index contributed by atoms with van der Waals surface area (Å²) < 4.78 is 1.09. The number of benzene rings is 1. The molecule has 3 heteroatoms. The van der Waals surface area contributed by atoms with Gasteiger partial charge < -0.3 is 5.32 Å². The van der Waals surface area contributed by atoms with Crippen LogP contribution in [0.1, 0.15) is 24.4 Å². The van der Waals surface area contributed by atoms with E-state index in [-0.39, 0.29) is 0 Å². The predicted molar refractivity (Wildman–Crippen MR) is 75.4 cm³/mol. The molecule has 0 heterocycles. The molecule has 82 valence electrons. The standard InChI is InChI=1S/C12H15ClIN/c1-3-4-5-12(15-2)9-6-7-11(14)10(13)8-9/h3,6-8,12,15H,1,4-5H2,2H3. The molecule has 0 saturated carbocycles. The second-order valence-corrected chi connectivity index (χ2v) is 4.95. The van der Waals surface area contributed by atoms with Crippen LogP contribution in [0.25, 0.3) is 0 Å². The van der Waals surface area contributed by atoms with E-state index in [4.69, 9.17) is 11.6 Å². The van der Waals surface area contributed by atoms with Crippen LogP contribution < -0.4 is 5.32 Å². The van der Waals surface area contributed by atoms with E-state index >= 15 is 0 Å². The van der Waals surface area contributed by atoms with Crippen LogP contribution in [0.2, 0.25) is 5.02 Å². The van der Waals surface area contributed by atoms with Crippen molar-refractivity contribution in [1.82, 2.24) is 5.32 Å². The first-order chi connectivity index (χ1) is 7.19. The maximum atomic E-state index is 6.09. The Morgan fingerprint density at radius 1 is 1.60 bits per heavy atom. The third kappa shape index (κ3) is 3.78. The van der Waals surface area contributed by atoms with E-state index in [1.165, 1.54) is 5.56 Å². The van der Waals surface area contributed by atoms with Gasteiger partial charge in [-0.3, -0.25) is 0 Å². The van der Waals surface area contributed by atoms with Crippen LogP contribution in [-0.2, 0) is 0 Å². The summed E-state index contributed by atoms with van der Waals surface area (Å²) in [6.07, 6.45) is 4.00. The molecule has 0 aromatic heterocycles. The van der Waals surface area contributed by atoms with Gasteiger partial charge in [0.2, 0.25) is 0 Å². The highest BCUT2D eigenvalue weighted by molar-refractivity contribution is 14.1. The monoisotopic (exact) mass is 335 g/mol. The largest absolute Gasteiger partial charge is 0.313 e. The van der Waals surface area contributed by atoms with E-state index < -0.39 is 0 Å². The topological polar surface area (TPSA) is 12.0 Å². The number of halogens is 2. The summed E-state index contributed by atoms with van der Waals surface area (Å²) in [7, 11) is 1.97. The molecule has 1 N–H and O–H groups in total. The molecule has 0 aliphatic heterocycles. The molecule has 0 fully saturated rings. The number of hydrogen-bond donors (Lipinski definition) is 1. The van der Waals surface area contributed by atoms with Crippen molar-refractivity contribution in [2.45, 2.75) is 18.9 Å². The summed E-state index contributed by atoms with van der Waals surface area (Å²) in [6, 6.07) is 6.57. The fourth-order valence-corrected chi connectivity index (χ4v) is 2.02. The van der Waals surface area contributed by atoms with Crippen molar-refractivity contribution in [3.8, 4) is 0 Å². The Kier molecular flexibility index (Phi) is 5.64. The van der Waals surface area contributed by atoms with Gasteiger partial charge in [0.15, 0.2) is 0 Å². The SMILES string of the molecule is C=CCCC(NC)c1ccc(I)c(Cl)c1. The van der Waals surface area contributed by atoms with E-state index in [0.717, 1.165) is 21.4 Å². The first-order valence-corrected chi connectivity index (χ1v) is 6.37. The fraction of sp³-hybridized carbons (Fsp3) is 0.333. The van der Waals surface area contributed by atoms with Gasteiger partial charge in [0.25, 0.3) is 0 Å². The van der Waals surface area contributed by atoms with Crippen LogP contribution >= 0.6 is 34.2 Å². The molecular weight excluding hydrogens is 320 g/mol. The smallest absolute Gasteiger partial charge is 0.0542 e. The lowest BCUT2D eigenvalue weighted by molar-refractivity contribution is 0.555. The first kappa shape index (κ1) is 13.0. The van der Waals surface area contributed by atoms with Crippen LogP contribution in [-0.4, -0.2) is 7.05 Å². The number of nitrogens with one attached hydrogen (secondary N) is 1. The van der Waals surface area contributed by atoms with Crippen LogP contribution in [0, 0.1) is 3.57 Å². The van der Waals surface area contributed by atoms with E-state index in [9.17, 15) is 0 Å². The molecule has 0 spiro atoms. The molecule has 1 atom stereocenters. The second-order valence-electron chi connectivity index (χ2n) is 3.38. The molecule has 1 nitrogen and oxygen atoms in total. The van der Waals surface area contributed by atoms with Crippen LogP contribution in [0.3, 0.4) is 0 Å². The van der Waals surface area contributed by atoms with Crippen LogP contribution in [0.15, 0.2) is 30.9 Å². The summed E-state index contributed by atoms with van der Waals surface area (Å²) in [5.41, 5.74) is 1.24. The Morgan fingerprint density at radius 2 is 2.33 bits per heavy atom. The highest BCUT2D eigenvalue weighted by atomic mass is 127. The molecular formula is C12H15ClIN. The van der Waals surface area contributed by atoms with Crippen molar-refractivity contribution in [2.24, 2.45) is 0 Å². The van der Waals surface area contributed by atoms with E-state index in [2.05, 4.69) is 46.6 Å².